The Bertz CT molecular complexity index is 104. The van der Waals surface area contributed by atoms with Crippen molar-refractivity contribution in [1.82, 2.24) is 0 Å². The van der Waals surface area contributed by atoms with Crippen LogP contribution in [0.1, 0.15) is 77.6 Å². The van der Waals surface area contributed by atoms with Crippen LogP contribution in [0.4, 0.5) is 0 Å². The molecule has 0 rings (SSSR count). The molecule has 0 N–H and O–H groups in total. The van der Waals surface area contributed by atoms with Crippen LogP contribution < -0.4 is 0 Å². The van der Waals surface area contributed by atoms with Crippen molar-refractivity contribution in [2.45, 2.75) is 77.6 Å². The molecule has 0 bridgehead atoms. The third kappa shape index (κ3) is 27.0. The van der Waals surface area contributed by atoms with E-state index in [1.165, 1.54) is 76.8 Å². The number of rotatable bonds is 11. The van der Waals surface area contributed by atoms with E-state index in [9.17, 15) is 0 Å². The van der Waals surface area contributed by atoms with Gasteiger partial charge in [-0.25, -0.2) is 0 Å². The molecule has 0 saturated heterocycles. The summed E-state index contributed by atoms with van der Waals surface area (Å²) in [5, 5.41) is 0. The Labute approximate surface area is 127 Å². The van der Waals surface area contributed by atoms with Crippen LogP contribution in [0.15, 0.2) is 0 Å². The molecule has 0 heterocycles. The zero-order valence-corrected chi connectivity index (χ0v) is 15.6. The molecule has 0 radical (unpaired) electrons. The standard InChI is InChI=1S/C13H29P.2ClH.Ru/c1-2-3-4-5-6-7-8-9-10-11-12-13-14;;;/h2-14H2,1H3;2*1H;/q;;;+2/p-2. The van der Waals surface area contributed by atoms with Gasteiger partial charge in [0, 0.05) is 0 Å². The molecule has 1 atom stereocenters. The Balaban J connectivity index is 0. The molecule has 0 fully saturated rings. The average Bonchev–Trinajstić information content (AvgIpc) is 2.33. The molecule has 0 aromatic carbocycles. The molecule has 0 saturated carbocycles. The third-order valence-electron chi connectivity index (χ3n) is 2.81. The first-order chi connectivity index (χ1) is 8.33. The number of halogens is 2. The normalized spacial score (nSPS) is 10.1. The fourth-order valence-corrected chi connectivity index (χ4v) is 2.10. The van der Waals surface area contributed by atoms with E-state index in [1.54, 1.807) is 0 Å². The Hall–Kier alpha value is 1.63. The summed E-state index contributed by atoms with van der Waals surface area (Å²) in [5.41, 5.74) is 0. The summed E-state index contributed by atoms with van der Waals surface area (Å²) in [6.45, 7) is 2.28. The zero-order chi connectivity index (χ0) is 13.2. The third-order valence-corrected chi connectivity index (χ3v) is 3.22. The van der Waals surface area contributed by atoms with E-state index in [4.69, 9.17) is 19.4 Å². The van der Waals surface area contributed by atoms with Gasteiger partial charge in [0.15, 0.2) is 0 Å². The van der Waals surface area contributed by atoms with Gasteiger partial charge in [-0.2, -0.15) is 0 Å². The summed E-state index contributed by atoms with van der Waals surface area (Å²) >= 11 is -0.346. The summed E-state index contributed by atoms with van der Waals surface area (Å²) in [6, 6.07) is 0. The predicted molar refractivity (Wildman–Crippen MR) is 82.7 cm³/mol. The van der Waals surface area contributed by atoms with Crippen LogP contribution in [0.2, 0.25) is 0 Å². The average molecular weight is 388 g/mol. The van der Waals surface area contributed by atoms with Crippen LogP contribution in [0.25, 0.3) is 0 Å². The van der Waals surface area contributed by atoms with E-state index >= 15 is 0 Å². The van der Waals surface area contributed by atoms with Crippen molar-refractivity contribution < 1.29 is 15.1 Å². The van der Waals surface area contributed by atoms with Gasteiger partial charge in [0.05, 0.1) is 0 Å². The second-order valence-corrected chi connectivity index (χ2v) is 7.59. The summed E-state index contributed by atoms with van der Waals surface area (Å²) in [7, 11) is 12.5. The van der Waals surface area contributed by atoms with Crippen LogP contribution in [-0.2, 0) is 15.1 Å². The fourth-order valence-electron chi connectivity index (χ4n) is 1.81. The molecule has 0 spiro atoms. The molecule has 17 heavy (non-hydrogen) atoms. The van der Waals surface area contributed by atoms with Crippen molar-refractivity contribution >= 4 is 28.6 Å². The van der Waals surface area contributed by atoms with E-state index in [2.05, 4.69) is 16.2 Å². The predicted octanol–water partition coefficient (Wildman–Crippen LogP) is 6.55. The van der Waals surface area contributed by atoms with Gasteiger partial charge in [0.25, 0.3) is 0 Å². The maximum absolute atomic E-state index is 4.85. The summed E-state index contributed by atoms with van der Waals surface area (Å²) in [5.74, 6) is 0. The van der Waals surface area contributed by atoms with E-state index in [-0.39, 0.29) is 15.1 Å². The Morgan fingerprint density at radius 1 is 0.706 bits per heavy atom. The molecule has 4 heteroatoms. The second kappa shape index (κ2) is 22.8. The van der Waals surface area contributed by atoms with Crippen molar-refractivity contribution in [3.05, 3.63) is 0 Å². The quantitative estimate of drug-likeness (QED) is 0.214. The topological polar surface area (TPSA) is 0 Å². The molecule has 0 aliphatic carbocycles. The molecule has 1 unspecified atom stereocenters. The van der Waals surface area contributed by atoms with E-state index in [0.717, 1.165) is 0 Å². The molecule has 0 amide bonds. The van der Waals surface area contributed by atoms with Gasteiger partial charge in [-0.05, 0) is 12.6 Å². The fraction of sp³-hybridized carbons (Fsp3) is 1.00. The zero-order valence-electron chi connectivity index (χ0n) is 11.2. The van der Waals surface area contributed by atoms with Crippen LogP contribution in [0.3, 0.4) is 0 Å². The number of hydrogen-bond acceptors (Lipinski definition) is 0. The SMILES string of the molecule is CCCCCCCCCCCCCP.[Cl][Ru][Cl]. The van der Waals surface area contributed by atoms with Crippen molar-refractivity contribution in [2.75, 3.05) is 6.16 Å². The molecular weight excluding hydrogens is 359 g/mol. The summed E-state index contributed by atoms with van der Waals surface area (Å²) < 4.78 is 0. The molecule has 0 aromatic rings. The summed E-state index contributed by atoms with van der Waals surface area (Å²) in [6.07, 6.45) is 17.2. The van der Waals surface area contributed by atoms with Gasteiger partial charge in [-0.1, -0.05) is 71.1 Å². The maximum atomic E-state index is 4.85. The van der Waals surface area contributed by atoms with Gasteiger partial charge in [-0.3, -0.25) is 0 Å². The minimum atomic E-state index is -0.346. The Kier molecular flexibility index (Phi) is 28.1. The Morgan fingerprint density at radius 2 is 1.00 bits per heavy atom. The first-order valence-electron chi connectivity index (χ1n) is 6.88. The molecule has 0 aromatic heterocycles. The molecule has 108 valence electrons. The molecule has 0 aliphatic heterocycles. The van der Waals surface area contributed by atoms with Crippen molar-refractivity contribution in [3.63, 3.8) is 0 Å². The van der Waals surface area contributed by atoms with E-state index in [0.29, 0.717) is 0 Å². The molecular formula is C13H29Cl2PRu. The van der Waals surface area contributed by atoms with E-state index in [1.807, 2.05) is 0 Å². The first kappa shape index (κ1) is 20.9. The van der Waals surface area contributed by atoms with Gasteiger partial charge >= 0.3 is 34.5 Å². The van der Waals surface area contributed by atoms with Crippen molar-refractivity contribution in [3.8, 4) is 0 Å². The van der Waals surface area contributed by atoms with Crippen LogP contribution in [0.5, 0.6) is 0 Å². The summed E-state index contributed by atoms with van der Waals surface area (Å²) in [4.78, 5) is 0. The second-order valence-electron chi connectivity index (χ2n) is 4.37. The van der Waals surface area contributed by atoms with E-state index < -0.39 is 0 Å². The van der Waals surface area contributed by atoms with Gasteiger partial charge < -0.3 is 0 Å². The monoisotopic (exact) mass is 388 g/mol. The number of hydrogen-bond donors (Lipinski definition) is 0. The minimum absolute atomic E-state index is 0.346. The van der Waals surface area contributed by atoms with Crippen LogP contribution in [-0.4, -0.2) is 6.16 Å². The van der Waals surface area contributed by atoms with Crippen molar-refractivity contribution in [2.24, 2.45) is 0 Å². The van der Waals surface area contributed by atoms with Gasteiger partial charge in [-0.15, -0.1) is 9.24 Å². The Morgan fingerprint density at radius 3 is 1.29 bits per heavy atom. The van der Waals surface area contributed by atoms with Gasteiger partial charge in [0.1, 0.15) is 0 Å². The van der Waals surface area contributed by atoms with Crippen molar-refractivity contribution in [1.29, 1.82) is 0 Å². The molecule has 0 aliphatic rings. The number of unbranched alkanes of at least 4 members (excludes halogenated alkanes) is 10. The molecule has 0 nitrogen and oxygen atoms in total. The van der Waals surface area contributed by atoms with Crippen LogP contribution >= 0.6 is 28.6 Å². The van der Waals surface area contributed by atoms with Gasteiger partial charge in [0.2, 0.25) is 0 Å². The van der Waals surface area contributed by atoms with Crippen LogP contribution in [0, 0.1) is 0 Å². The first-order valence-corrected chi connectivity index (χ1v) is 12.2.